The number of carbonyl (C=O) groups excluding carboxylic acids is 1. The lowest BCUT2D eigenvalue weighted by Crippen LogP contribution is -2.41. The van der Waals surface area contributed by atoms with E-state index in [1.54, 1.807) is 0 Å². The number of rotatable bonds is 3. The van der Waals surface area contributed by atoms with Gasteiger partial charge in [-0.15, -0.1) is 0 Å². The van der Waals surface area contributed by atoms with Gasteiger partial charge in [0.05, 0.1) is 5.52 Å². The SMILES string of the molecule is Cc1cccc2cc(/C=C(\C#N)C(=O)N[C@H]3CCCC[C@H]3C)c(Cl)nc12. The summed E-state index contributed by atoms with van der Waals surface area (Å²) in [6.45, 7) is 4.12. The van der Waals surface area contributed by atoms with Crippen LogP contribution in [0, 0.1) is 24.2 Å². The van der Waals surface area contributed by atoms with E-state index in [0.717, 1.165) is 35.7 Å². The number of pyridine rings is 1. The molecule has 0 bridgehead atoms. The average molecular weight is 368 g/mol. The smallest absolute Gasteiger partial charge is 0.262 e. The minimum atomic E-state index is -0.341. The van der Waals surface area contributed by atoms with Crippen LogP contribution in [-0.2, 0) is 4.79 Å². The number of nitrogens with zero attached hydrogens (tertiary/aromatic N) is 2. The van der Waals surface area contributed by atoms with Crippen LogP contribution in [0.25, 0.3) is 17.0 Å². The van der Waals surface area contributed by atoms with Crippen LogP contribution in [-0.4, -0.2) is 16.9 Å². The summed E-state index contributed by atoms with van der Waals surface area (Å²) in [6.07, 6.45) is 5.91. The number of nitriles is 1. The van der Waals surface area contributed by atoms with Crippen LogP contribution in [0.5, 0.6) is 0 Å². The van der Waals surface area contributed by atoms with Gasteiger partial charge in [-0.2, -0.15) is 5.26 Å². The van der Waals surface area contributed by atoms with Gasteiger partial charge in [0, 0.05) is 17.0 Å². The van der Waals surface area contributed by atoms with Crippen molar-refractivity contribution in [1.29, 1.82) is 5.26 Å². The summed E-state index contributed by atoms with van der Waals surface area (Å²) in [5.74, 6) is 0.0909. The molecule has 1 aromatic carbocycles. The molecule has 1 N–H and O–H groups in total. The van der Waals surface area contributed by atoms with Gasteiger partial charge in [-0.25, -0.2) is 4.98 Å². The van der Waals surface area contributed by atoms with Crippen LogP contribution >= 0.6 is 11.6 Å². The maximum atomic E-state index is 12.6. The number of carbonyl (C=O) groups is 1. The Labute approximate surface area is 158 Å². The molecule has 1 aliphatic carbocycles. The van der Waals surface area contributed by atoms with Gasteiger partial charge in [0.1, 0.15) is 16.8 Å². The summed E-state index contributed by atoms with van der Waals surface area (Å²) < 4.78 is 0. The highest BCUT2D eigenvalue weighted by molar-refractivity contribution is 6.31. The minimum Gasteiger partial charge on any atom is -0.348 e. The van der Waals surface area contributed by atoms with Crippen LogP contribution in [0.3, 0.4) is 0 Å². The number of aromatic nitrogens is 1. The predicted octanol–water partition coefficient (Wildman–Crippen LogP) is 4.80. The van der Waals surface area contributed by atoms with Crippen molar-refractivity contribution in [2.24, 2.45) is 5.92 Å². The van der Waals surface area contributed by atoms with Crippen molar-refractivity contribution in [1.82, 2.24) is 10.3 Å². The Kier molecular flexibility index (Phi) is 5.58. The summed E-state index contributed by atoms with van der Waals surface area (Å²) in [7, 11) is 0. The molecule has 4 nitrogen and oxygen atoms in total. The number of aryl methyl sites for hydroxylation is 1. The van der Waals surface area contributed by atoms with Crippen molar-refractivity contribution in [3.63, 3.8) is 0 Å². The Balaban J connectivity index is 1.89. The van der Waals surface area contributed by atoms with Crippen LogP contribution in [0.2, 0.25) is 5.15 Å². The first kappa shape index (κ1) is 18.4. The third-order valence-corrected chi connectivity index (χ3v) is 5.42. The first-order valence-corrected chi connectivity index (χ1v) is 9.36. The summed E-state index contributed by atoms with van der Waals surface area (Å²) in [6, 6.07) is 9.86. The van der Waals surface area contributed by atoms with Gasteiger partial charge in [0.2, 0.25) is 0 Å². The fourth-order valence-corrected chi connectivity index (χ4v) is 3.72. The molecule has 3 rings (SSSR count). The normalized spacial score (nSPS) is 20.6. The zero-order valence-corrected chi connectivity index (χ0v) is 15.8. The lowest BCUT2D eigenvalue weighted by atomic mass is 9.86. The van der Waals surface area contributed by atoms with Gasteiger partial charge in [0.15, 0.2) is 0 Å². The topological polar surface area (TPSA) is 65.8 Å². The van der Waals surface area contributed by atoms with Crippen LogP contribution < -0.4 is 5.32 Å². The van der Waals surface area contributed by atoms with E-state index >= 15 is 0 Å². The molecule has 2 aromatic rings. The third kappa shape index (κ3) is 3.89. The maximum Gasteiger partial charge on any atom is 0.262 e. The highest BCUT2D eigenvalue weighted by Gasteiger charge is 2.24. The Hall–Kier alpha value is -2.38. The molecule has 134 valence electrons. The average Bonchev–Trinajstić information content (AvgIpc) is 2.62. The molecule has 0 aliphatic heterocycles. The summed E-state index contributed by atoms with van der Waals surface area (Å²) in [4.78, 5) is 17.0. The van der Waals surface area contributed by atoms with Crippen molar-refractivity contribution >= 4 is 34.5 Å². The standard InChI is InChI=1S/C21H22ClN3O/c1-13-6-3-4-9-18(13)24-21(26)17(12-23)11-16-10-15-8-5-7-14(2)19(15)25-20(16)22/h5,7-8,10-11,13,18H,3-4,6,9H2,1-2H3,(H,24,26)/b17-11+/t13-,18+/m1/s1. The monoisotopic (exact) mass is 367 g/mol. The fraction of sp³-hybridized carbons (Fsp3) is 0.381. The molecule has 1 amide bonds. The molecular weight excluding hydrogens is 346 g/mol. The Morgan fingerprint density at radius 1 is 1.38 bits per heavy atom. The first-order valence-electron chi connectivity index (χ1n) is 8.98. The second kappa shape index (κ2) is 7.88. The molecule has 1 fully saturated rings. The van der Waals surface area contributed by atoms with Crippen molar-refractivity contribution in [3.8, 4) is 6.07 Å². The molecule has 0 radical (unpaired) electrons. The maximum absolute atomic E-state index is 12.6. The molecule has 1 saturated carbocycles. The van der Waals surface area contributed by atoms with E-state index in [1.807, 2.05) is 37.3 Å². The number of nitrogens with one attached hydrogen (secondary N) is 1. The van der Waals surface area contributed by atoms with Gasteiger partial charge in [0.25, 0.3) is 5.91 Å². The van der Waals surface area contributed by atoms with E-state index in [2.05, 4.69) is 17.2 Å². The predicted molar refractivity (Wildman–Crippen MR) is 105 cm³/mol. The molecule has 0 spiro atoms. The minimum absolute atomic E-state index is 0.0541. The summed E-state index contributed by atoms with van der Waals surface area (Å²) in [5.41, 5.74) is 2.49. The quantitative estimate of drug-likeness (QED) is 0.481. The molecule has 26 heavy (non-hydrogen) atoms. The second-order valence-corrected chi connectivity index (χ2v) is 7.38. The number of para-hydroxylation sites is 1. The lowest BCUT2D eigenvalue weighted by Gasteiger charge is -2.29. The van der Waals surface area contributed by atoms with E-state index in [0.29, 0.717) is 16.6 Å². The van der Waals surface area contributed by atoms with Crippen molar-refractivity contribution in [3.05, 3.63) is 46.1 Å². The molecule has 2 atom stereocenters. The Morgan fingerprint density at radius 2 is 2.15 bits per heavy atom. The number of halogens is 1. The summed E-state index contributed by atoms with van der Waals surface area (Å²) in [5, 5.41) is 13.7. The first-order chi connectivity index (χ1) is 12.5. The fourth-order valence-electron chi connectivity index (χ4n) is 3.52. The summed E-state index contributed by atoms with van der Waals surface area (Å²) >= 11 is 6.30. The molecule has 1 aromatic heterocycles. The van der Waals surface area contributed by atoms with E-state index in [4.69, 9.17) is 11.6 Å². The van der Waals surface area contributed by atoms with Crippen molar-refractivity contribution < 1.29 is 4.79 Å². The number of fused-ring (bicyclic) bond motifs is 1. The zero-order valence-electron chi connectivity index (χ0n) is 15.1. The van der Waals surface area contributed by atoms with Gasteiger partial charge >= 0.3 is 0 Å². The highest BCUT2D eigenvalue weighted by atomic mass is 35.5. The van der Waals surface area contributed by atoms with E-state index in [1.165, 1.54) is 12.5 Å². The van der Waals surface area contributed by atoms with Crippen LogP contribution in [0.4, 0.5) is 0 Å². The number of benzene rings is 1. The zero-order chi connectivity index (χ0) is 18.7. The van der Waals surface area contributed by atoms with Crippen molar-refractivity contribution in [2.75, 3.05) is 0 Å². The van der Waals surface area contributed by atoms with Crippen molar-refractivity contribution in [2.45, 2.75) is 45.6 Å². The van der Waals surface area contributed by atoms with E-state index in [9.17, 15) is 10.1 Å². The van der Waals surface area contributed by atoms with Gasteiger partial charge in [-0.3, -0.25) is 4.79 Å². The number of hydrogen-bond donors (Lipinski definition) is 1. The molecular formula is C21H22ClN3O. The molecule has 0 unspecified atom stereocenters. The van der Waals surface area contributed by atoms with Gasteiger partial charge in [-0.05, 0) is 43.4 Å². The number of hydrogen-bond acceptors (Lipinski definition) is 3. The molecule has 1 aliphatic rings. The van der Waals surface area contributed by atoms with Gasteiger partial charge in [-0.1, -0.05) is 49.6 Å². The third-order valence-electron chi connectivity index (χ3n) is 5.12. The number of amides is 1. The lowest BCUT2D eigenvalue weighted by molar-refractivity contribution is -0.118. The molecule has 1 heterocycles. The Morgan fingerprint density at radius 3 is 2.88 bits per heavy atom. The molecule has 5 heteroatoms. The largest absolute Gasteiger partial charge is 0.348 e. The van der Waals surface area contributed by atoms with Gasteiger partial charge < -0.3 is 5.32 Å². The Bertz CT molecular complexity index is 913. The van der Waals surface area contributed by atoms with E-state index in [-0.39, 0.29) is 17.5 Å². The van der Waals surface area contributed by atoms with Crippen LogP contribution in [0.1, 0.15) is 43.7 Å². The second-order valence-electron chi connectivity index (χ2n) is 7.03. The van der Waals surface area contributed by atoms with E-state index < -0.39 is 0 Å². The highest BCUT2D eigenvalue weighted by Crippen LogP contribution is 2.26. The van der Waals surface area contributed by atoms with Crippen LogP contribution in [0.15, 0.2) is 29.8 Å². The molecule has 0 saturated heterocycles.